The lowest BCUT2D eigenvalue weighted by Crippen LogP contribution is -2.10. The fourth-order valence-corrected chi connectivity index (χ4v) is 1.24. The van der Waals surface area contributed by atoms with E-state index in [1.807, 2.05) is 0 Å². The van der Waals surface area contributed by atoms with Crippen LogP contribution < -0.4 is 5.32 Å². The minimum atomic E-state index is -1.01. The van der Waals surface area contributed by atoms with Crippen molar-refractivity contribution in [1.82, 2.24) is 4.98 Å². The molecule has 0 amide bonds. The molecule has 1 heterocycles. The van der Waals surface area contributed by atoms with Crippen LogP contribution in [0.2, 0.25) is 0 Å². The van der Waals surface area contributed by atoms with Crippen LogP contribution in [0.25, 0.3) is 0 Å². The summed E-state index contributed by atoms with van der Waals surface area (Å²) in [4.78, 5) is 14.4. The summed E-state index contributed by atoms with van der Waals surface area (Å²) in [6, 6.07) is 3.17. The molecule has 0 bridgehead atoms. The molecule has 1 aromatic heterocycles. The smallest absolute Gasteiger partial charge is 0.354 e. The summed E-state index contributed by atoms with van der Waals surface area (Å²) in [5.41, 5.74) is 0.851. The van der Waals surface area contributed by atoms with Crippen LogP contribution in [0.5, 0.6) is 0 Å². The molecule has 0 aliphatic rings. The van der Waals surface area contributed by atoms with E-state index in [9.17, 15) is 4.79 Å². The van der Waals surface area contributed by atoms with E-state index in [2.05, 4.69) is 17.2 Å². The lowest BCUT2D eigenvalue weighted by molar-refractivity contribution is 0.0690. The van der Waals surface area contributed by atoms with Crippen molar-refractivity contribution >= 4 is 11.7 Å². The Morgan fingerprint density at radius 1 is 1.47 bits per heavy atom. The van der Waals surface area contributed by atoms with Crippen LogP contribution in [0, 0.1) is 0 Å². The molecule has 5 heteroatoms. The lowest BCUT2D eigenvalue weighted by Gasteiger charge is -2.06. The van der Waals surface area contributed by atoms with Crippen molar-refractivity contribution < 1.29 is 14.6 Å². The van der Waals surface area contributed by atoms with Gasteiger partial charge in [-0.3, -0.25) is 0 Å². The second-order valence-corrected chi connectivity index (χ2v) is 3.63. The van der Waals surface area contributed by atoms with E-state index >= 15 is 0 Å². The zero-order valence-electron chi connectivity index (χ0n) is 9.98. The van der Waals surface area contributed by atoms with Crippen LogP contribution in [-0.2, 0) is 4.74 Å². The van der Waals surface area contributed by atoms with Crippen LogP contribution in [0.1, 0.15) is 30.3 Å². The largest absolute Gasteiger partial charge is 0.477 e. The van der Waals surface area contributed by atoms with Crippen LogP contribution in [-0.4, -0.2) is 35.8 Å². The zero-order valence-corrected chi connectivity index (χ0v) is 9.98. The molecule has 0 saturated carbocycles. The normalized spacial score (nSPS) is 10.2. The van der Waals surface area contributed by atoms with Gasteiger partial charge in [0.05, 0.1) is 18.5 Å². The molecule has 5 nitrogen and oxygen atoms in total. The summed E-state index contributed by atoms with van der Waals surface area (Å²) in [7, 11) is 0. The molecule has 0 aliphatic heterocycles. The van der Waals surface area contributed by atoms with E-state index in [1.54, 1.807) is 6.07 Å². The highest BCUT2D eigenvalue weighted by Gasteiger charge is 2.02. The molecule has 2 N–H and O–H groups in total. The highest BCUT2D eigenvalue weighted by molar-refractivity contribution is 5.85. The molecule has 0 aromatic carbocycles. The molecule has 94 valence electrons. The van der Waals surface area contributed by atoms with E-state index in [-0.39, 0.29) is 5.69 Å². The summed E-state index contributed by atoms with van der Waals surface area (Å²) in [6.07, 6.45) is 3.72. The second-order valence-electron chi connectivity index (χ2n) is 3.63. The summed E-state index contributed by atoms with van der Waals surface area (Å²) in [5, 5.41) is 11.8. The molecule has 0 atom stereocenters. The SMILES string of the molecule is CCCCOCCNc1ccc(C(=O)O)nc1. The van der Waals surface area contributed by atoms with Gasteiger partial charge in [-0.2, -0.15) is 0 Å². The Morgan fingerprint density at radius 2 is 2.29 bits per heavy atom. The fourth-order valence-electron chi connectivity index (χ4n) is 1.24. The van der Waals surface area contributed by atoms with Gasteiger partial charge in [0.15, 0.2) is 0 Å². The maximum atomic E-state index is 10.6. The van der Waals surface area contributed by atoms with Gasteiger partial charge < -0.3 is 15.2 Å². The monoisotopic (exact) mass is 238 g/mol. The molecule has 1 rings (SSSR count). The number of aromatic carboxylic acids is 1. The van der Waals surface area contributed by atoms with Gasteiger partial charge in [0, 0.05) is 13.2 Å². The third-order valence-corrected chi connectivity index (χ3v) is 2.20. The number of carboxylic acids is 1. The van der Waals surface area contributed by atoms with E-state index in [0.29, 0.717) is 13.2 Å². The Balaban J connectivity index is 2.21. The second kappa shape index (κ2) is 7.62. The van der Waals surface area contributed by atoms with Crippen molar-refractivity contribution in [3.05, 3.63) is 24.0 Å². The summed E-state index contributed by atoms with van der Waals surface area (Å²) in [5.74, 6) is -1.01. The van der Waals surface area contributed by atoms with Crippen molar-refractivity contribution in [2.24, 2.45) is 0 Å². The number of aromatic nitrogens is 1. The van der Waals surface area contributed by atoms with Crippen LogP contribution in [0.3, 0.4) is 0 Å². The molecule has 0 radical (unpaired) electrons. The first kappa shape index (κ1) is 13.4. The molecule has 0 fully saturated rings. The van der Waals surface area contributed by atoms with Crippen LogP contribution >= 0.6 is 0 Å². The summed E-state index contributed by atoms with van der Waals surface area (Å²) < 4.78 is 5.38. The topological polar surface area (TPSA) is 71.5 Å². The Morgan fingerprint density at radius 3 is 2.88 bits per heavy atom. The molecule has 0 aliphatic carbocycles. The Bertz CT molecular complexity index is 338. The standard InChI is InChI=1S/C12H18N2O3/c1-2-3-7-17-8-6-13-10-4-5-11(12(15)16)14-9-10/h4-5,9,13H,2-3,6-8H2,1H3,(H,15,16). The summed E-state index contributed by atoms with van der Waals surface area (Å²) in [6.45, 7) is 4.24. The van der Waals surface area contributed by atoms with Gasteiger partial charge in [-0.1, -0.05) is 13.3 Å². The van der Waals surface area contributed by atoms with Crippen LogP contribution in [0.4, 0.5) is 5.69 Å². The number of carboxylic acid groups (broad SMARTS) is 1. The first-order valence-electron chi connectivity index (χ1n) is 5.75. The number of pyridine rings is 1. The average molecular weight is 238 g/mol. The van der Waals surface area contributed by atoms with E-state index in [1.165, 1.54) is 12.3 Å². The molecule has 0 spiro atoms. The number of nitrogens with one attached hydrogen (secondary N) is 1. The Kier molecular flexibility index (Phi) is 6.03. The van der Waals surface area contributed by atoms with Gasteiger partial charge in [0.25, 0.3) is 0 Å². The molecular formula is C12H18N2O3. The van der Waals surface area contributed by atoms with Gasteiger partial charge in [-0.05, 0) is 18.6 Å². The third-order valence-electron chi connectivity index (χ3n) is 2.20. The van der Waals surface area contributed by atoms with E-state index < -0.39 is 5.97 Å². The number of carbonyl (C=O) groups is 1. The first-order valence-corrected chi connectivity index (χ1v) is 5.75. The number of hydrogen-bond acceptors (Lipinski definition) is 4. The van der Waals surface area contributed by atoms with E-state index in [0.717, 1.165) is 25.1 Å². The fraction of sp³-hybridized carbons (Fsp3) is 0.500. The molecular weight excluding hydrogens is 220 g/mol. The first-order chi connectivity index (χ1) is 8.24. The lowest BCUT2D eigenvalue weighted by atomic mass is 10.3. The van der Waals surface area contributed by atoms with Crippen molar-refractivity contribution in [3.8, 4) is 0 Å². The van der Waals surface area contributed by atoms with Gasteiger partial charge in [0.1, 0.15) is 5.69 Å². The molecule has 0 unspecified atom stereocenters. The molecule has 0 saturated heterocycles. The maximum Gasteiger partial charge on any atom is 0.354 e. The quantitative estimate of drug-likeness (QED) is 0.678. The predicted molar refractivity (Wildman–Crippen MR) is 65.4 cm³/mol. The highest BCUT2D eigenvalue weighted by Crippen LogP contribution is 2.05. The van der Waals surface area contributed by atoms with Crippen molar-refractivity contribution in [2.45, 2.75) is 19.8 Å². The average Bonchev–Trinajstić information content (AvgIpc) is 2.34. The third kappa shape index (κ3) is 5.31. The molecule has 17 heavy (non-hydrogen) atoms. The predicted octanol–water partition coefficient (Wildman–Crippen LogP) is 2.01. The van der Waals surface area contributed by atoms with E-state index in [4.69, 9.17) is 9.84 Å². The number of unbranched alkanes of at least 4 members (excludes halogenated alkanes) is 1. The number of nitrogens with zero attached hydrogens (tertiary/aromatic N) is 1. The number of hydrogen-bond donors (Lipinski definition) is 2. The zero-order chi connectivity index (χ0) is 12.5. The maximum absolute atomic E-state index is 10.6. The van der Waals surface area contributed by atoms with Gasteiger partial charge in [-0.25, -0.2) is 9.78 Å². The number of rotatable bonds is 8. The number of ether oxygens (including phenoxy) is 1. The van der Waals surface area contributed by atoms with Crippen molar-refractivity contribution in [3.63, 3.8) is 0 Å². The Labute approximate surface area is 101 Å². The van der Waals surface area contributed by atoms with Gasteiger partial charge >= 0.3 is 5.97 Å². The minimum Gasteiger partial charge on any atom is -0.477 e. The van der Waals surface area contributed by atoms with Gasteiger partial charge in [-0.15, -0.1) is 0 Å². The van der Waals surface area contributed by atoms with Crippen LogP contribution in [0.15, 0.2) is 18.3 Å². The van der Waals surface area contributed by atoms with Crippen molar-refractivity contribution in [1.29, 1.82) is 0 Å². The number of anilines is 1. The van der Waals surface area contributed by atoms with Gasteiger partial charge in [0.2, 0.25) is 0 Å². The highest BCUT2D eigenvalue weighted by atomic mass is 16.5. The molecule has 1 aromatic rings. The Hall–Kier alpha value is -1.62. The van der Waals surface area contributed by atoms with Crippen molar-refractivity contribution in [2.75, 3.05) is 25.1 Å². The summed E-state index contributed by atoms with van der Waals surface area (Å²) >= 11 is 0. The minimum absolute atomic E-state index is 0.0507.